The molecule has 0 unspecified atom stereocenters. The zero-order valence-corrected chi connectivity index (χ0v) is 16.8. The van der Waals surface area contributed by atoms with Crippen LogP contribution in [0, 0.1) is 0 Å². The van der Waals surface area contributed by atoms with Gasteiger partial charge in [-0.15, -0.1) is 0 Å². The van der Waals surface area contributed by atoms with Crippen LogP contribution in [-0.4, -0.2) is 33.8 Å². The molecular formula is C23H21N5O3. The van der Waals surface area contributed by atoms with E-state index in [2.05, 4.69) is 32.1 Å². The molecule has 2 aromatic heterocycles. The predicted molar refractivity (Wildman–Crippen MR) is 117 cm³/mol. The Kier molecular flexibility index (Phi) is 4.35. The van der Waals surface area contributed by atoms with Crippen molar-refractivity contribution in [3.8, 4) is 0 Å². The molecule has 0 saturated heterocycles. The summed E-state index contributed by atoms with van der Waals surface area (Å²) in [5.41, 5.74) is 2.25. The van der Waals surface area contributed by atoms with Gasteiger partial charge in [-0.05, 0) is 55.7 Å². The van der Waals surface area contributed by atoms with Crippen LogP contribution in [0.15, 0.2) is 55.3 Å². The molecule has 1 aliphatic heterocycles. The number of hydrogen-bond donors (Lipinski definition) is 3. The number of pyridine rings is 1. The molecule has 8 heteroatoms. The normalized spacial score (nSPS) is 16.2. The highest BCUT2D eigenvalue weighted by atomic mass is 16.2. The van der Waals surface area contributed by atoms with Crippen molar-refractivity contribution in [2.45, 2.75) is 24.8 Å². The number of nitrogens with one attached hydrogen (secondary N) is 3. The molecule has 1 aliphatic carbocycles. The third kappa shape index (κ3) is 3.07. The average molecular weight is 415 g/mol. The van der Waals surface area contributed by atoms with E-state index in [1.807, 2.05) is 18.2 Å². The van der Waals surface area contributed by atoms with Gasteiger partial charge in [0.15, 0.2) is 5.82 Å². The van der Waals surface area contributed by atoms with Crippen LogP contribution in [0.2, 0.25) is 0 Å². The maximum atomic E-state index is 13.0. The van der Waals surface area contributed by atoms with Gasteiger partial charge in [0.1, 0.15) is 5.69 Å². The molecule has 1 spiro atoms. The number of carbonyl (C=O) groups is 3. The summed E-state index contributed by atoms with van der Waals surface area (Å²) in [7, 11) is 0. The lowest BCUT2D eigenvalue weighted by molar-refractivity contribution is -0.111. The zero-order chi connectivity index (χ0) is 21.6. The van der Waals surface area contributed by atoms with Crippen LogP contribution in [0.5, 0.6) is 0 Å². The van der Waals surface area contributed by atoms with Crippen molar-refractivity contribution in [2.24, 2.45) is 0 Å². The van der Waals surface area contributed by atoms with Gasteiger partial charge in [-0.3, -0.25) is 14.4 Å². The SMILES string of the molecule is C=CC(=O)Nc1ncccc1NC(=O)c1ccc2cc3n(c2c1)C1(CCC1)CNC3=O. The van der Waals surface area contributed by atoms with Gasteiger partial charge >= 0.3 is 0 Å². The Hall–Kier alpha value is -3.94. The van der Waals surface area contributed by atoms with E-state index in [1.54, 1.807) is 18.2 Å². The molecular weight excluding hydrogens is 394 g/mol. The Morgan fingerprint density at radius 3 is 2.77 bits per heavy atom. The fourth-order valence-corrected chi connectivity index (χ4v) is 4.39. The van der Waals surface area contributed by atoms with Gasteiger partial charge in [-0.2, -0.15) is 0 Å². The summed E-state index contributed by atoms with van der Waals surface area (Å²) in [5.74, 6) is -0.591. The van der Waals surface area contributed by atoms with Crippen LogP contribution in [0.4, 0.5) is 11.5 Å². The van der Waals surface area contributed by atoms with Gasteiger partial charge < -0.3 is 20.5 Å². The Labute approximate surface area is 178 Å². The molecule has 1 fully saturated rings. The third-order valence-electron chi connectivity index (χ3n) is 6.12. The minimum atomic E-state index is -0.417. The summed E-state index contributed by atoms with van der Waals surface area (Å²) in [6.07, 6.45) is 5.78. The fraction of sp³-hybridized carbons (Fsp3) is 0.217. The molecule has 3 N–H and O–H groups in total. The van der Waals surface area contributed by atoms with Gasteiger partial charge in [0.25, 0.3) is 11.8 Å². The third-order valence-corrected chi connectivity index (χ3v) is 6.12. The smallest absolute Gasteiger partial charge is 0.268 e. The van der Waals surface area contributed by atoms with E-state index < -0.39 is 5.91 Å². The first-order chi connectivity index (χ1) is 15.0. The van der Waals surface area contributed by atoms with Gasteiger partial charge in [0.05, 0.1) is 16.7 Å². The summed E-state index contributed by atoms with van der Waals surface area (Å²) < 4.78 is 2.11. The number of anilines is 2. The van der Waals surface area contributed by atoms with Crippen LogP contribution in [0.1, 0.15) is 40.1 Å². The molecule has 5 rings (SSSR count). The molecule has 0 radical (unpaired) electrons. The molecule has 1 saturated carbocycles. The van der Waals surface area contributed by atoms with Crippen molar-refractivity contribution >= 4 is 40.1 Å². The van der Waals surface area contributed by atoms with Crippen molar-refractivity contribution in [3.05, 3.63) is 66.5 Å². The molecule has 156 valence electrons. The van der Waals surface area contributed by atoms with Gasteiger partial charge in [-0.1, -0.05) is 12.6 Å². The lowest BCUT2D eigenvalue weighted by atomic mass is 9.75. The van der Waals surface area contributed by atoms with E-state index >= 15 is 0 Å². The molecule has 31 heavy (non-hydrogen) atoms. The van der Waals surface area contributed by atoms with E-state index in [1.165, 1.54) is 6.20 Å². The first-order valence-corrected chi connectivity index (χ1v) is 10.1. The van der Waals surface area contributed by atoms with Crippen LogP contribution in [0.25, 0.3) is 10.9 Å². The van der Waals surface area contributed by atoms with Crippen LogP contribution < -0.4 is 16.0 Å². The fourth-order valence-electron chi connectivity index (χ4n) is 4.39. The van der Waals surface area contributed by atoms with Crippen molar-refractivity contribution in [1.29, 1.82) is 0 Å². The number of rotatable bonds is 4. The molecule has 3 heterocycles. The van der Waals surface area contributed by atoms with Crippen molar-refractivity contribution in [2.75, 3.05) is 17.2 Å². The summed E-state index contributed by atoms with van der Waals surface area (Å²) in [6, 6.07) is 10.6. The van der Waals surface area contributed by atoms with E-state index in [4.69, 9.17) is 0 Å². The lowest BCUT2D eigenvalue weighted by Crippen LogP contribution is -2.55. The van der Waals surface area contributed by atoms with E-state index in [0.717, 1.165) is 36.2 Å². The standard InChI is InChI=1S/C23H21N5O3/c1-2-19(29)27-20-16(5-3-10-24-20)26-21(30)15-7-6-14-11-18-22(31)25-13-23(8-4-9-23)28(18)17(14)12-15/h2-3,5-7,10-12H,1,4,8-9,13H2,(H,25,31)(H,26,30)(H,24,27,29). The van der Waals surface area contributed by atoms with E-state index in [9.17, 15) is 14.4 Å². The largest absolute Gasteiger partial charge is 0.348 e. The highest BCUT2D eigenvalue weighted by Gasteiger charge is 2.44. The Bertz CT molecular complexity index is 1260. The summed E-state index contributed by atoms with van der Waals surface area (Å²) in [5, 5.41) is 9.32. The van der Waals surface area contributed by atoms with Crippen LogP contribution in [0.3, 0.4) is 0 Å². The summed E-state index contributed by atoms with van der Waals surface area (Å²) >= 11 is 0. The number of aromatic nitrogens is 2. The zero-order valence-electron chi connectivity index (χ0n) is 16.8. The van der Waals surface area contributed by atoms with Crippen molar-refractivity contribution in [1.82, 2.24) is 14.9 Å². The Balaban J connectivity index is 1.50. The molecule has 8 nitrogen and oxygen atoms in total. The van der Waals surface area contributed by atoms with E-state index in [0.29, 0.717) is 23.5 Å². The molecule has 3 amide bonds. The highest BCUT2D eigenvalue weighted by Crippen LogP contribution is 2.44. The maximum Gasteiger partial charge on any atom is 0.268 e. The van der Waals surface area contributed by atoms with E-state index in [-0.39, 0.29) is 23.2 Å². The second-order valence-corrected chi connectivity index (χ2v) is 7.95. The van der Waals surface area contributed by atoms with Crippen molar-refractivity contribution in [3.63, 3.8) is 0 Å². The monoisotopic (exact) mass is 415 g/mol. The highest BCUT2D eigenvalue weighted by molar-refractivity contribution is 6.09. The average Bonchev–Trinajstić information content (AvgIpc) is 3.14. The summed E-state index contributed by atoms with van der Waals surface area (Å²) in [6.45, 7) is 4.04. The molecule has 0 atom stereocenters. The number of nitrogens with zero attached hydrogens (tertiary/aromatic N) is 2. The number of benzene rings is 1. The van der Waals surface area contributed by atoms with Gasteiger partial charge in [-0.25, -0.2) is 4.98 Å². The molecule has 1 aromatic carbocycles. The molecule has 3 aromatic rings. The Morgan fingerprint density at radius 2 is 2.03 bits per heavy atom. The number of fused-ring (bicyclic) bond motifs is 4. The number of carbonyl (C=O) groups excluding carboxylic acids is 3. The second kappa shape index (κ2) is 7.09. The predicted octanol–water partition coefficient (Wildman–Crippen LogP) is 3.04. The minimum Gasteiger partial charge on any atom is -0.348 e. The van der Waals surface area contributed by atoms with Crippen molar-refractivity contribution < 1.29 is 14.4 Å². The maximum absolute atomic E-state index is 13.0. The minimum absolute atomic E-state index is 0.0855. The first-order valence-electron chi connectivity index (χ1n) is 10.1. The van der Waals surface area contributed by atoms with Gasteiger partial charge in [0, 0.05) is 23.7 Å². The topological polar surface area (TPSA) is 105 Å². The second-order valence-electron chi connectivity index (χ2n) is 7.95. The van der Waals surface area contributed by atoms with Gasteiger partial charge in [0.2, 0.25) is 5.91 Å². The Morgan fingerprint density at radius 1 is 1.19 bits per heavy atom. The lowest BCUT2D eigenvalue weighted by Gasteiger charge is -2.47. The molecule has 2 aliphatic rings. The quantitative estimate of drug-likeness (QED) is 0.570. The molecule has 0 bridgehead atoms. The van der Waals surface area contributed by atoms with Crippen LogP contribution >= 0.6 is 0 Å². The number of hydrogen-bond acceptors (Lipinski definition) is 4. The first kappa shape index (κ1) is 19.0. The summed E-state index contributed by atoms with van der Waals surface area (Å²) in [4.78, 5) is 41.2. The van der Waals surface area contributed by atoms with Crippen LogP contribution in [-0.2, 0) is 10.3 Å². The number of amides is 3.